The van der Waals surface area contributed by atoms with E-state index in [1.807, 2.05) is 18.4 Å². The highest BCUT2D eigenvalue weighted by Gasteiger charge is 2.33. The van der Waals surface area contributed by atoms with Crippen molar-refractivity contribution in [3.8, 4) is 0 Å². The molecule has 128 valence electrons. The molecule has 0 unspecified atom stereocenters. The van der Waals surface area contributed by atoms with E-state index in [9.17, 15) is 9.59 Å². The number of aryl methyl sites for hydroxylation is 1. The molecule has 0 aliphatic heterocycles. The second-order valence-electron chi connectivity index (χ2n) is 6.86. The van der Waals surface area contributed by atoms with Crippen molar-refractivity contribution in [1.29, 1.82) is 0 Å². The highest BCUT2D eigenvalue weighted by molar-refractivity contribution is 7.12. The van der Waals surface area contributed by atoms with Crippen LogP contribution in [0.25, 0.3) is 0 Å². The Bertz CT molecular complexity index is 549. The van der Waals surface area contributed by atoms with Crippen LogP contribution in [-0.2, 0) is 14.3 Å². The van der Waals surface area contributed by atoms with Crippen LogP contribution in [-0.4, -0.2) is 24.6 Å². The maximum atomic E-state index is 12.0. The summed E-state index contributed by atoms with van der Waals surface area (Å²) in [5.74, 6) is 0.547. The molecule has 1 aromatic rings. The predicted octanol–water partition coefficient (Wildman–Crippen LogP) is 4.22. The average molecular weight is 338 g/mol. The number of hydrogen-bond donors (Lipinski definition) is 0. The Morgan fingerprint density at radius 1 is 1.35 bits per heavy atom. The minimum absolute atomic E-state index is 0.0616. The molecule has 5 heteroatoms. The van der Waals surface area contributed by atoms with Crippen molar-refractivity contribution in [3.63, 3.8) is 0 Å². The summed E-state index contributed by atoms with van der Waals surface area (Å²) in [5, 5.41) is 1.83. The van der Waals surface area contributed by atoms with Crippen molar-refractivity contribution in [1.82, 2.24) is 0 Å². The Morgan fingerprint density at radius 2 is 2.09 bits per heavy atom. The average Bonchev–Trinajstić information content (AvgIpc) is 2.90. The number of carbonyl (C=O) groups excluding carboxylic acids is 2. The molecule has 1 aliphatic carbocycles. The molecule has 0 spiro atoms. The van der Waals surface area contributed by atoms with Crippen molar-refractivity contribution in [2.75, 3.05) is 6.61 Å². The molecule has 0 bridgehead atoms. The van der Waals surface area contributed by atoms with Gasteiger partial charge in [0.05, 0.1) is 0 Å². The molecule has 1 aliphatic rings. The maximum Gasteiger partial charge on any atom is 0.349 e. The SMILES string of the molecule is Cc1ccsc1C(=O)OCC(=O)O[C@@H]1C[C@H](C)CC[C@H]1C(C)C. The number of hydrogen-bond acceptors (Lipinski definition) is 5. The van der Waals surface area contributed by atoms with Gasteiger partial charge in [0, 0.05) is 0 Å². The normalized spacial score (nSPS) is 24.5. The van der Waals surface area contributed by atoms with Gasteiger partial charge in [0.25, 0.3) is 0 Å². The minimum atomic E-state index is -0.452. The molecule has 4 nitrogen and oxygen atoms in total. The molecule has 0 saturated heterocycles. The van der Waals surface area contributed by atoms with E-state index >= 15 is 0 Å². The highest BCUT2D eigenvalue weighted by atomic mass is 32.1. The Balaban J connectivity index is 1.85. The molecule has 3 atom stereocenters. The second kappa shape index (κ2) is 7.95. The van der Waals surface area contributed by atoms with Crippen molar-refractivity contribution in [2.24, 2.45) is 17.8 Å². The third-order valence-electron chi connectivity index (χ3n) is 4.61. The van der Waals surface area contributed by atoms with Crippen molar-refractivity contribution < 1.29 is 19.1 Å². The van der Waals surface area contributed by atoms with Crippen LogP contribution in [0.1, 0.15) is 55.3 Å². The van der Waals surface area contributed by atoms with Crippen LogP contribution in [0, 0.1) is 24.7 Å². The summed E-state index contributed by atoms with van der Waals surface area (Å²) in [5.41, 5.74) is 0.870. The van der Waals surface area contributed by atoms with Gasteiger partial charge in [-0.3, -0.25) is 0 Å². The van der Waals surface area contributed by atoms with Gasteiger partial charge in [0.1, 0.15) is 11.0 Å². The lowest BCUT2D eigenvalue weighted by molar-refractivity contribution is -0.159. The van der Waals surface area contributed by atoms with Gasteiger partial charge in [-0.1, -0.05) is 27.2 Å². The van der Waals surface area contributed by atoms with Crippen LogP contribution in [0.3, 0.4) is 0 Å². The number of esters is 2. The first-order chi connectivity index (χ1) is 10.9. The molecule has 0 N–H and O–H groups in total. The van der Waals surface area contributed by atoms with Gasteiger partial charge in [-0.25, -0.2) is 9.59 Å². The number of rotatable bonds is 5. The van der Waals surface area contributed by atoms with E-state index in [4.69, 9.17) is 9.47 Å². The van der Waals surface area contributed by atoms with Crippen molar-refractivity contribution in [3.05, 3.63) is 21.9 Å². The van der Waals surface area contributed by atoms with Crippen LogP contribution in [0.2, 0.25) is 0 Å². The van der Waals surface area contributed by atoms with Crippen molar-refractivity contribution in [2.45, 2.75) is 53.1 Å². The maximum absolute atomic E-state index is 12.0. The van der Waals surface area contributed by atoms with E-state index in [-0.39, 0.29) is 12.7 Å². The topological polar surface area (TPSA) is 52.6 Å². The van der Waals surface area contributed by atoms with Gasteiger partial charge < -0.3 is 9.47 Å². The molecule has 1 saturated carbocycles. The van der Waals surface area contributed by atoms with Gasteiger partial charge in [-0.15, -0.1) is 11.3 Å². The largest absolute Gasteiger partial charge is 0.460 e. The molecule has 1 aromatic heterocycles. The van der Waals surface area contributed by atoms with Gasteiger partial charge in [0.2, 0.25) is 0 Å². The Kier molecular flexibility index (Phi) is 6.22. The first-order valence-electron chi connectivity index (χ1n) is 8.29. The zero-order valence-electron chi connectivity index (χ0n) is 14.3. The number of ether oxygens (including phenoxy) is 2. The molecule has 0 amide bonds. The summed E-state index contributed by atoms with van der Waals surface area (Å²) in [6, 6.07) is 1.86. The predicted molar refractivity (Wildman–Crippen MR) is 90.6 cm³/mol. The molecule has 23 heavy (non-hydrogen) atoms. The molecule has 1 heterocycles. The Morgan fingerprint density at radius 3 is 2.70 bits per heavy atom. The van der Waals surface area contributed by atoms with Gasteiger partial charge >= 0.3 is 11.9 Å². The molecule has 0 radical (unpaired) electrons. The summed E-state index contributed by atoms with van der Waals surface area (Å²) in [6.07, 6.45) is 3.11. The monoisotopic (exact) mass is 338 g/mol. The quantitative estimate of drug-likeness (QED) is 0.754. The zero-order valence-corrected chi connectivity index (χ0v) is 15.2. The number of carbonyl (C=O) groups is 2. The van der Waals surface area contributed by atoms with E-state index in [0.717, 1.165) is 18.4 Å². The summed E-state index contributed by atoms with van der Waals surface area (Å²) < 4.78 is 10.7. The molecular formula is C18H26O4S. The molecule has 0 aromatic carbocycles. The third kappa shape index (κ3) is 4.80. The standard InChI is InChI=1S/C18H26O4S/c1-11(2)14-6-5-12(3)9-15(14)22-16(19)10-21-18(20)17-13(4)7-8-23-17/h7-8,11-12,14-15H,5-6,9-10H2,1-4H3/t12-,14+,15-/m1/s1. The first kappa shape index (κ1) is 18.0. The molecular weight excluding hydrogens is 312 g/mol. The minimum Gasteiger partial charge on any atom is -0.460 e. The lowest BCUT2D eigenvalue weighted by atomic mass is 9.75. The van der Waals surface area contributed by atoms with Crippen LogP contribution in [0.4, 0.5) is 0 Å². The smallest absolute Gasteiger partial charge is 0.349 e. The summed E-state index contributed by atoms with van der Waals surface area (Å²) >= 11 is 1.32. The van der Waals surface area contributed by atoms with Crippen LogP contribution in [0.15, 0.2) is 11.4 Å². The fraction of sp³-hybridized carbons (Fsp3) is 0.667. The van der Waals surface area contributed by atoms with Crippen LogP contribution >= 0.6 is 11.3 Å². The lowest BCUT2D eigenvalue weighted by Crippen LogP contribution is -2.36. The molecule has 2 rings (SSSR count). The molecule has 1 fully saturated rings. The lowest BCUT2D eigenvalue weighted by Gasteiger charge is -2.36. The fourth-order valence-electron chi connectivity index (χ4n) is 3.22. The van der Waals surface area contributed by atoms with Crippen LogP contribution < -0.4 is 0 Å². The van der Waals surface area contributed by atoms with E-state index in [1.165, 1.54) is 17.8 Å². The van der Waals surface area contributed by atoms with E-state index in [0.29, 0.717) is 22.6 Å². The fourth-order valence-corrected chi connectivity index (χ4v) is 4.04. The first-order valence-corrected chi connectivity index (χ1v) is 9.17. The van der Waals surface area contributed by atoms with Gasteiger partial charge in [0.15, 0.2) is 6.61 Å². The Labute approximate surface area is 142 Å². The summed E-state index contributed by atoms with van der Waals surface area (Å²) in [7, 11) is 0. The van der Waals surface area contributed by atoms with Gasteiger partial charge in [-0.2, -0.15) is 0 Å². The highest BCUT2D eigenvalue weighted by Crippen LogP contribution is 2.35. The summed E-state index contributed by atoms with van der Waals surface area (Å²) in [6.45, 7) is 8.06. The second-order valence-corrected chi connectivity index (χ2v) is 7.78. The van der Waals surface area contributed by atoms with E-state index in [1.54, 1.807) is 0 Å². The third-order valence-corrected chi connectivity index (χ3v) is 5.61. The number of thiophene rings is 1. The Hall–Kier alpha value is -1.36. The van der Waals surface area contributed by atoms with Crippen molar-refractivity contribution >= 4 is 23.3 Å². The van der Waals surface area contributed by atoms with Gasteiger partial charge in [-0.05, 0) is 54.5 Å². The van der Waals surface area contributed by atoms with Crippen LogP contribution in [0.5, 0.6) is 0 Å². The summed E-state index contributed by atoms with van der Waals surface area (Å²) in [4.78, 5) is 24.5. The zero-order chi connectivity index (χ0) is 17.0. The van der Waals surface area contributed by atoms with E-state index in [2.05, 4.69) is 20.8 Å². The van der Waals surface area contributed by atoms with E-state index < -0.39 is 11.9 Å².